The third-order valence-corrected chi connectivity index (χ3v) is 6.55. The molecule has 1 atom stereocenters. The summed E-state index contributed by atoms with van der Waals surface area (Å²) in [5, 5.41) is 9.14. The molecule has 1 aliphatic rings. The van der Waals surface area contributed by atoms with E-state index < -0.39 is 17.8 Å². The minimum absolute atomic E-state index is 0.0865. The van der Waals surface area contributed by atoms with E-state index in [2.05, 4.69) is 41.8 Å². The maximum atomic E-state index is 13.6. The molecule has 12 heteroatoms. The van der Waals surface area contributed by atoms with Gasteiger partial charge in [-0.2, -0.15) is 4.98 Å². The van der Waals surface area contributed by atoms with Crippen molar-refractivity contribution < 1.29 is 18.4 Å². The SMILES string of the molecule is CC(=O)c1ccnc(NC(=O)C2=C(C)NC(Nc3nc4ccc(F)cc4o3)=NC2c2ccc(Br)cc2Cl)c1. The molecular formula is C26H19BrClFN6O3. The van der Waals surface area contributed by atoms with Gasteiger partial charge < -0.3 is 15.1 Å². The Morgan fingerprint density at radius 3 is 2.74 bits per heavy atom. The molecule has 0 saturated heterocycles. The van der Waals surface area contributed by atoms with Crippen LogP contribution in [0.1, 0.15) is 35.8 Å². The summed E-state index contributed by atoms with van der Waals surface area (Å²) >= 11 is 9.96. The van der Waals surface area contributed by atoms with Crippen molar-refractivity contribution in [2.75, 3.05) is 10.6 Å². The minimum Gasteiger partial charge on any atom is -0.423 e. The lowest BCUT2D eigenvalue weighted by molar-refractivity contribution is -0.113. The lowest BCUT2D eigenvalue weighted by atomic mass is 9.95. The number of halogens is 3. The number of carbonyl (C=O) groups excluding carboxylic acids is 2. The second kappa shape index (κ2) is 10.3. The van der Waals surface area contributed by atoms with Gasteiger partial charge in [0.2, 0.25) is 5.96 Å². The van der Waals surface area contributed by atoms with Gasteiger partial charge >= 0.3 is 6.01 Å². The molecule has 0 aliphatic carbocycles. The molecule has 4 aromatic rings. The average molecular weight is 598 g/mol. The van der Waals surface area contributed by atoms with Crippen LogP contribution in [0, 0.1) is 5.82 Å². The number of hydrogen-bond donors (Lipinski definition) is 3. The number of allylic oxidation sites excluding steroid dienone is 1. The van der Waals surface area contributed by atoms with Crippen molar-refractivity contribution in [3.63, 3.8) is 0 Å². The van der Waals surface area contributed by atoms with Crippen LogP contribution in [0.15, 0.2) is 79.9 Å². The first-order valence-electron chi connectivity index (χ1n) is 11.3. The summed E-state index contributed by atoms with van der Waals surface area (Å²) in [4.78, 5) is 38.4. The Hall–Kier alpha value is -4.09. The predicted octanol–water partition coefficient (Wildman–Crippen LogP) is 6.01. The third-order valence-electron chi connectivity index (χ3n) is 5.73. The first kappa shape index (κ1) is 25.6. The molecule has 2 aromatic carbocycles. The topological polar surface area (TPSA) is 122 Å². The van der Waals surface area contributed by atoms with Gasteiger partial charge in [0, 0.05) is 38.6 Å². The van der Waals surface area contributed by atoms with Crippen LogP contribution in [0.2, 0.25) is 5.02 Å². The zero-order valence-electron chi connectivity index (χ0n) is 20.0. The van der Waals surface area contributed by atoms with Crippen molar-refractivity contribution >= 4 is 68.1 Å². The van der Waals surface area contributed by atoms with Crippen molar-refractivity contribution in [2.24, 2.45) is 4.99 Å². The summed E-state index contributed by atoms with van der Waals surface area (Å²) in [6, 6.07) is 11.6. The van der Waals surface area contributed by atoms with Crippen LogP contribution in [0.5, 0.6) is 0 Å². The van der Waals surface area contributed by atoms with Crippen LogP contribution >= 0.6 is 27.5 Å². The summed E-state index contributed by atoms with van der Waals surface area (Å²) in [6.45, 7) is 3.15. The maximum absolute atomic E-state index is 13.6. The number of aromatic nitrogens is 2. The summed E-state index contributed by atoms with van der Waals surface area (Å²) in [5.74, 6) is -0.621. The molecule has 0 radical (unpaired) electrons. The van der Waals surface area contributed by atoms with Gasteiger partial charge in [-0.25, -0.2) is 14.4 Å². The van der Waals surface area contributed by atoms with Gasteiger partial charge in [-0.15, -0.1) is 0 Å². The summed E-state index contributed by atoms with van der Waals surface area (Å²) < 4.78 is 19.9. The molecule has 1 aliphatic heterocycles. The van der Waals surface area contributed by atoms with E-state index in [1.54, 1.807) is 31.2 Å². The van der Waals surface area contributed by atoms with E-state index in [1.807, 2.05) is 0 Å². The van der Waals surface area contributed by atoms with E-state index in [0.717, 1.165) is 4.47 Å². The number of fused-ring (bicyclic) bond motifs is 1. The number of carbonyl (C=O) groups is 2. The molecule has 3 heterocycles. The van der Waals surface area contributed by atoms with Crippen LogP contribution in [0.25, 0.3) is 11.1 Å². The lowest BCUT2D eigenvalue weighted by Gasteiger charge is -2.27. The van der Waals surface area contributed by atoms with Crippen molar-refractivity contribution in [1.29, 1.82) is 0 Å². The number of ketones is 1. The molecule has 0 spiro atoms. The highest BCUT2D eigenvalue weighted by Gasteiger charge is 2.31. The Morgan fingerprint density at radius 1 is 1.16 bits per heavy atom. The van der Waals surface area contributed by atoms with Crippen molar-refractivity contribution in [1.82, 2.24) is 15.3 Å². The quantitative estimate of drug-likeness (QED) is 0.241. The second-order valence-electron chi connectivity index (χ2n) is 8.41. The Labute approximate surface area is 229 Å². The van der Waals surface area contributed by atoms with Crippen molar-refractivity contribution in [3.05, 3.63) is 92.4 Å². The van der Waals surface area contributed by atoms with Gasteiger partial charge in [-0.05, 0) is 50.2 Å². The molecular weight excluding hydrogens is 579 g/mol. The third kappa shape index (κ3) is 5.29. The largest absolute Gasteiger partial charge is 0.423 e. The van der Waals surface area contributed by atoms with E-state index in [9.17, 15) is 14.0 Å². The van der Waals surface area contributed by atoms with E-state index >= 15 is 0 Å². The number of nitrogens with one attached hydrogen (secondary N) is 3. The fourth-order valence-corrected chi connectivity index (χ4v) is 4.71. The first-order valence-corrected chi connectivity index (χ1v) is 12.5. The number of hydrogen-bond acceptors (Lipinski definition) is 8. The molecule has 0 fully saturated rings. The van der Waals surface area contributed by atoms with Gasteiger partial charge in [-0.1, -0.05) is 33.6 Å². The molecule has 2 aromatic heterocycles. The Morgan fingerprint density at radius 2 is 1.97 bits per heavy atom. The number of oxazole rings is 1. The van der Waals surface area contributed by atoms with E-state index in [-0.39, 0.29) is 34.7 Å². The number of rotatable bonds is 5. The number of nitrogens with zero attached hydrogens (tertiary/aromatic N) is 3. The molecule has 3 N–H and O–H groups in total. The number of aliphatic imine (C=N–C) groups is 1. The van der Waals surface area contributed by atoms with Crippen LogP contribution in [0.3, 0.4) is 0 Å². The second-order valence-corrected chi connectivity index (χ2v) is 9.73. The van der Waals surface area contributed by atoms with Crippen molar-refractivity contribution in [3.8, 4) is 0 Å². The van der Waals surface area contributed by atoms with E-state index in [1.165, 1.54) is 37.4 Å². The summed E-state index contributed by atoms with van der Waals surface area (Å²) in [6.07, 6.45) is 1.45. The number of benzene rings is 2. The van der Waals surface area contributed by atoms with Gasteiger partial charge in [0.25, 0.3) is 5.91 Å². The zero-order valence-corrected chi connectivity index (χ0v) is 22.3. The molecule has 9 nitrogen and oxygen atoms in total. The Bertz CT molecular complexity index is 1670. The molecule has 0 saturated carbocycles. The van der Waals surface area contributed by atoms with Crippen LogP contribution in [0.4, 0.5) is 16.2 Å². The fraction of sp³-hybridized carbons (Fsp3) is 0.115. The number of guanidine groups is 1. The van der Waals surface area contributed by atoms with E-state index in [0.29, 0.717) is 27.4 Å². The van der Waals surface area contributed by atoms with Crippen LogP contribution in [-0.4, -0.2) is 27.6 Å². The standard InChI is InChI=1S/C26H19BrClFN6O3/c1-12-22(24(37)33-21-9-14(13(2)36)7-8-30-21)23(17-5-3-15(27)10-18(17)28)34-25(31-12)35-26-32-19-6-4-16(29)11-20(19)38-26/h3-11,23H,1-2H3,(H,30,33,37)(H2,31,32,34,35). The normalized spacial score (nSPS) is 15.2. The van der Waals surface area contributed by atoms with Gasteiger partial charge in [-0.3, -0.25) is 14.9 Å². The maximum Gasteiger partial charge on any atom is 0.302 e. The van der Waals surface area contributed by atoms with Gasteiger partial charge in [0.05, 0.1) is 5.57 Å². The highest BCUT2D eigenvalue weighted by molar-refractivity contribution is 9.10. The molecule has 1 amide bonds. The van der Waals surface area contributed by atoms with Crippen LogP contribution in [-0.2, 0) is 4.79 Å². The van der Waals surface area contributed by atoms with Crippen molar-refractivity contribution in [2.45, 2.75) is 19.9 Å². The minimum atomic E-state index is -0.822. The smallest absolute Gasteiger partial charge is 0.302 e. The Kier molecular flexibility index (Phi) is 6.96. The first-order chi connectivity index (χ1) is 18.2. The number of anilines is 2. The summed E-state index contributed by atoms with van der Waals surface area (Å²) in [5.41, 5.74) is 2.49. The number of Topliss-reactive ketones (excluding diaryl/α,β-unsaturated/α-hetero) is 1. The molecule has 38 heavy (non-hydrogen) atoms. The summed E-state index contributed by atoms with van der Waals surface area (Å²) in [7, 11) is 0. The predicted molar refractivity (Wildman–Crippen MR) is 146 cm³/mol. The lowest BCUT2D eigenvalue weighted by Crippen LogP contribution is -2.37. The Balaban J connectivity index is 1.50. The van der Waals surface area contributed by atoms with Crippen LogP contribution < -0.4 is 16.0 Å². The fourth-order valence-electron chi connectivity index (χ4n) is 3.94. The van der Waals surface area contributed by atoms with Gasteiger partial charge in [0.1, 0.15) is 23.2 Å². The monoisotopic (exact) mass is 596 g/mol. The highest BCUT2D eigenvalue weighted by atomic mass is 79.9. The number of amides is 1. The molecule has 192 valence electrons. The van der Waals surface area contributed by atoms with Gasteiger partial charge in [0.15, 0.2) is 11.4 Å². The molecule has 0 bridgehead atoms. The average Bonchev–Trinajstić information content (AvgIpc) is 3.25. The highest BCUT2D eigenvalue weighted by Crippen LogP contribution is 2.36. The number of pyridine rings is 1. The zero-order chi connectivity index (χ0) is 27.0. The van der Waals surface area contributed by atoms with E-state index in [4.69, 9.17) is 21.0 Å². The molecule has 5 rings (SSSR count). The molecule has 1 unspecified atom stereocenters.